The lowest BCUT2D eigenvalue weighted by atomic mass is 9.76. The average Bonchev–Trinajstić information content (AvgIpc) is 2.29. The normalized spacial score (nSPS) is 19.6. The fourth-order valence-corrected chi connectivity index (χ4v) is 2.69. The molecule has 0 aromatic carbocycles. The molecule has 0 bridgehead atoms. The molecular formula is C15H29N. The number of nitrogens with one attached hydrogen (secondary N) is 1. The molecule has 1 rings (SSSR count). The van der Waals surface area contributed by atoms with E-state index >= 15 is 0 Å². The summed E-state index contributed by atoms with van der Waals surface area (Å²) < 4.78 is 0. The summed E-state index contributed by atoms with van der Waals surface area (Å²) in [5.41, 5.74) is 0.597. The first-order valence-electron chi connectivity index (χ1n) is 7.08. The number of unbranched alkanes of at least 4 members (excludes halogenated alkanes) is 3. The second kappa shape index (κ2) is 7.89. The Labute approximate surface area is 102 Å². The summed E-state index contributed by atoms with van der Waals surface area (Å²) in [5.74, 6) is 0. The van der Waals surface area contributed by atoms with Gasteiger partial charge in [0.2, 0.25) is 0 Å². The van der Waals surface area contributed by atoms with Gasteiger partial charge in [0.15, 0.2) is 0 Å². The van der Waals surface area contributed by atoms with Crippen LogP contribution in [0, 0.1) is 5.41 Å². The molecule has 0 unspecified atom stereocenters. The maximum absolute atomic E-state index is 3.75. The Kier molecular flexibility index (Phi) is 6.79. The first-order valence-corrected chi connectivity index (χ1v) is 7.08. The molecule has 0 aromatic heterocycles. The molecule has 1 aliphatic rings. The van der Waals surface area contributed by atoms with Gasteiger partial charge in [0.1, 0.15) is 0 Å². The second-order valence-electron chi connectivity index (χ2n) is 5.69. The summed E-state index contributed by atoms with van der Waals surface area (Å²) in [7, 11) is 0. The molecule has 0 aromatic rings. The van der Waals surface area contributed by atoms with Crippen molar-refractivity contribution in [3.8, 4) is 0 Å². The Balaban J connectivity index is 1.95. The largest absolute Gasteiger partial charge is 0.316 e. The fraction of sp³-hybridized carbons (Fsp3) is 0.867. The molecular weight excluding hydrogens is 194 g/mol. The van der Waals surface area contributed by atoms with Crippen molar-refractivity contribution in [1.29, 1.82) is 0 Å². The van der Waals surface area contributed by atoms with Crippen molar-refractivity contribution in [3.63, 3.8) is 0 Å². The first-order chi connectivity index (χ1) is 7.77. The Bertz CT molecular complexity index is 180. The Morgan fingerprint density at radius 1 is 1.12 bits per heavy atom. The van der Waals surface area contributed by atoms with Crippen LogP contribution in [0.2, 0.25) is 0 Å². The highest BCUT2D eigenvalue weighted by Gasteiger charge is 2.25. The third-order valence-electron chi connectivity index (χ3n) is 3.87. The molecule has 0 radical (unpaired) electrons. The highest BCUT2D eigenvalue weighted by atomic mass is 14.9. The first kappa shape index (κ1) is 13.8. The molecule has 1 N–H and O–H groups in total. The summed E-state index contributed by atoms with van der Waals surface area (Å²) in [5, 5.41) is 3.65. The lowest BCUT2D eigenvalue weighted by molar-refractivity contribution is 0.208. The number of hydrogen-bond donors (Lipinski definition) is 1. The van der Waals surface area contributed by atoms with Gasteiger partial charge in [-0.2, -0.15) is 0 Å². The quantitative estimate of drug-likeness (QED) is 0.478. The van der Waals surface area contributed by atoms with E-state index in [2.05, 4.69) is 18.8 Å². The average molecular weight is 223 g/mol. The van der Waals surface area contributed by atoms with E-state index < -0.39 is 0 Å². The van der Waals surface area contributed by atoms with E-state index in [1.54, 1.807) is 0 Å². The van der Waals surface area contributed by atoms with Crippen LogP contribution in [0.15, 0.2) is 12.7 Å². The standard InChI is InChI=1S/C15H29N/c1-3-4-5-6-10-13-16-14-15(2)11-8-7-9-12-15/h3,16H,1,4-14H2,2H3. The van der Waals surface area contributed by atoms with Gasteiger partial charge in [-0.3, -0.25) is 0 Å². The van der Waals surface area contributed by atoms with Crippen LogP contribution < -0.4 is 5.32 Å². The van der Waals surface area contributed by atoms with Crippen LogP contribution in [0.4, 0.5) is 0 Å². The highest BCUT2D eigenvalue weighted by molar-refractivity contribution is 4.80. The van der Waals surface area contributed by atoms with E-state index in [0.29, 0.717) is 5.41 Å². The van der Waals surface area contributed by atoms with Crippen molar-refractivity contribution < 1.29 is 0 Å². The van der Waals surface area contributed by atoms with Gasteiger partial charge in [-0.1, -0.05) is 38.7 Å². The van der Waals surface area contributed by atoms with Gasteiger partial charge < -0.3 is 5.32 Å². The van der Waals surface area contributed by atoms with Gasteiger partial charge in [-0.15, -0.1) is 6.58 Å². The van der Waals surface area contributed by atoms with Crippen molar-refractivity contribution in [2.75, 3.05) is 13.1 Å². The summed E-state index contributed by atoms with van der Waals surface area (Å²) in [4.78, 5) is 0. The monoisotopic (exact) mass is 223 g/mol. The van der Waals surface area contributed by atoms with E-state index in [1.807, 2.05) is 6.08 Å². The van der Waals surface area contributed by atoms with Gasteiger partial charge >= 0.3 is 0 Å². The van der Waals surface area contributed by atoms with Crippen molar-refractivity contribution in [1.82, 2.24) is 5.32 Å². The van der Waals surface area contributed by atoms with Crippen LogP contribution in [0.1, 0.15) is 64.7 Å². The van der Waals surface area contributed by atoms with Crippen LogP contribution in [0.3, 0.4) is 0 Å². The predicted molar refractivity (Wildman–Crippen MR) is 72.7 cm³/mol. The zero-order valence-corrected chi connectivity index (χ0v) is 11.1. The van der Waals surface area contributed by atoms with E-state index in [4.69, 9.17) is 0 Å². The van der Waals surface area contributed by atoms with Gasteiger partial charge in [0.25, 0.3) is 0 Å². The van der Waals surface area contributed by atoms with E-state index in [9.17, 15) is 0 Å². The minimum absolute atomic E-state index is 0.597. The summed E-state index contributed by atoms with van der Waals surface area (Å²) in [6.07, 6.45) is 14.4. The maximum Gasteiger partial charge on any atom is 0.000516 e. The Morgan fingerprint density at radius 2 is 1.88 bits per heavy atom. The maximum atomic E-state index is 3.75. The molecule has 0 saturated heterocycles. The Hall–Kier alpha value is -0.300. The van der Waals surface area contributed by atoms with Gasteiger partial charge in [0.05, 0.1) is 0 Å². The van der Waals surface area contributed by atoms with Crippen LogP contribution in [0.5, 0.6) is 0 Å². The minimum Gasteiger partial charge on any atom is -0.316 e. The lowest BCUT2D eigenvalue weighted by Crippen LogP contribution is -2.34. The van der Waals surface area contributed by atoms with Crippen LogP contribution in [-0.2, 0) is 0 Å². The molecule has 1 aliphatic carbocycles. The lowest BCUT2D eigenvalue weighted by Gasteiger charge is -2.33. The number of hydrogen-bond acceptors (Lipinski definition) is 1. The molecule has 0 aliphatic heterocycles. The van der Waals surface area contributed by atoms with E-state index in [0.717, 1.165) is 0 Å². The van der Waals surface area contributed by atoms with Gasteiger partial charge in [-0.25, -0.2) is 0 Å². The SMILES string of the molecule is C=CCCCCCNCC1(C)CCCCC1. The third kappa shape index (κ3) is 5.69. The second-order valence-corrected chi connectivity index (χ2v) is 5.69. The zero-order chi connectivity index (χ0) is 11.7. The molecule has 1 fully saturated rings. The van der Waals surface area contributed by atoms with Gasteiger partial charge in [-0.05, 0) is 44.1 Å². The topological polar surface area (TPSA) is 12.0 Å². The Morgan fingerprint density at radius 3 is 2.56 bits per heavy atom. The number of rotatable bonds is 8. The van der Waals surface area contributed by atoms with Crippen LogP contribution in [-0.4, -0.2) is 13.1 Å². The smallest absolute Gasteiger partial charge is 0.000516 e. The fourth-order valence-electron chi connectivity index (χ4n) is 2.69. The van der Waals surface area contributed by atoms with E-state index in [1.165, 1.54) is 70.9 Å². The van der Waals surface area contributed by atoms with Crippen molar-refractivity contribution in [2.45, 2.75) is 64.7 Å². The molecule has 0 amide bonds. The molecule has 1 saturated carbocycles. The van der Waals surface area contributed by atoms with Crippen molar-refractivity contribution in [2.24, 2.45) is 5.41 Å². The molecule has 1 heteroatoms. The summed E-state index contributed by atoms with van der Waals surface area (Å²) in [6, 6.07) is 0. The molecule has 0 spiro atoms. The van der Waals surface area contributed by atoms with E-state index in [-0.39, 0.29) is 0 Å². The zero-order valence-electron chi connectivity index (χ0n) is 11.1. The molecule has 1 nitrogen and oxygen atoms in total. The van der Waals surface area contributed by atoms with Crippen molar-refractivity contribution in [3.05, 3.63) is 12.7 Å². The van der Waals surface area contributed by atoms with Gasteiger partial charge in [0, 0.05) is 6.54 Å². The minimum atomic E-state index is 0.597. The summed E-state index contributed by atoms with van der Waals surface area (Å²) in [6.45, 7) is 8.64. The highest BCUT2D eigenvalue weighted by Crippen LogP contribution is 2.34. The third-order valence-corrected chi connectivity index (χ3v) is 3.87. The summed E-state index contributed by atoms with van der Waals surface area (Å²) >= 11 is 0. The molecule has 0 heterocycles. The van der Waals surface area contributed by atoms with Crippen LogP contribution >= 0.6 is 0 Å². The van der Waals surface area contributed by atoms with Crippen molar-refractivity contribution >= 4 is 0 Å². The predicted octanol–water partition coefficient (Wildman–Crippen LogP) is 4.29. The molecule has 0 atom stereocenters. The molecule has 16 heavy (non-hydrogen) atoms. The number of allylic oxidation sites excluding steroid dienone is 1. The molecule has 94 valence electrons. The van der Waals surface area contributed by atoms with Crippen LogP contribution in [0.25, 0.3) is 0 Å².